The standard InChI is InChI=1S/C17H16F3IN5O3P.C2H6/c1-24-16(27)14(25-4-6-28-7-5-25)9-12(22-24)15-11-8-10(29-17(18,19)20)2-3-13(11)26(23-15)30-21;1-2/h2-3,8-9,30H,4-7H2,1H3;1-2H3. The Hall–Kier alpha value is -1.92. The molecule has 1 aliphatic rings. The molecule has 1 atom stereocenters. The Labute approximate surface area is 197 Å². The second kappa shape index (κ2) is 10.3. The first-order valence-corrected chi connectivity index (χ1v) is 13.9. The van der Waals surface area contributed by atoms with Crippen LogP contribution in [0.1, 0.15) is 13.8 Å². The lowest BCUT2D eigenvalue weighted by Crippen LogP contribution is -2.40. The van der Waals surface area contributed by atoms with Crippen LogP contribution in [0.2, 0.25) is 0 Å². The molecule has 4 rings (SSSR count). The van der Waals surface area contributed by atoms with Crippen molar-refractivity contribution in [3.05, 3.63) is 34.6 Å². The Morgan fingerprint density at radius 3 is 2.47 bits per heavy atom. The lowest BCUT2D eigenvalue weighted by atomic mass is 10.1. The summed E-state index contributed by atoms with van der Waals surface area (Å²) in [6.07, 6.45) is -4.58. The molecule has 174 valence electrons. The van der Waals surface area contributed by atoms with E-state index in [1.165, 1.54) is 29.9 Å². The molecule has 0 bridgehead atoms. The SMILES string of the molecule is CC.Cn1nc(-c2nn(PI)c3ccc(OC(F)(F)F)cc23)cc(N2CCOCC2)c1=O. The van der Waals surface area contributed by atoms with Gasteiger partial charge in [0.2, 0.25) is 0 Å². The van der Waals surface area contributed by atoms with E-state index in [0.29, 0.717) is 54.3 Å². The van der Waals surface area contributed by atoms with Crippen LogP contribution in [0.25, 0.3) is 22.3 Å². The number of hydrogen-bond acceptors (Lipinski definition) is 6. The maximum atomic E-state index is 12.7. The number of anilines is 1. The van der Waals surface area contributed by atoms with E-state index in [0.717, 1.165) is 0 Å². The maximum absolute atomic E-state index is 12.7. The number of morpholine rings is 1. The number of alkyl halides is 3. The molecule has 8 nitrogen and oxygen atoms in total. The third kappa shape index (κ3) is 5.34. The smallest absolute Gasteiger partial charge is 0.406 e. The Morgan fingerprint density at radius 2 is 1.84 bits per heavy atom. The molecule has 32 heavy (non-hydrogen) atoms. The van der Waals surface area contributed by atoms with E-state index in [-0.39, 0.29) is 17.7 Å². The van der Waals surface area contributed by atoms with Crippen LogP contribution in [-0.2, 0) is 11.8 Å². The molecule has 13 heteroatoms. The van der Waals surface area contributed by atoms with E-state index >= 15 is 0 Å². The highest BCUT2D eigenvalue weighted by Gasteiger charge is 2.31. The van der Waals surface area contributed by atoms with Gasteiger partial charge < -0.3 is 14.4 Å². The number of rotatable bonds is 4. The lowest BCUT2D eigenvalue weighted by Gasteiger charge is -2.28. The Morgan fingerprint density at radius 1 is 1.16 bits per heavy atom. The topological polar surface area (TPSA) is 74.4 Å². The van der Waals surface area contributed by atoms with Gasteiger partial charge in [-0.25, -0.2) is 9.13 Å². The molecule has 3 heterocycles. The minimum atomic E-state index is -4.80. The van der Waals surface area contributed by atoms with Crippen LogP contribution in [0, 0.1) is 0 Å². The fourth-order valence-corrected chi connectivity index (χ4v) is 4.81. The molecule has 0 amide bonds. The quantitative estimate of drug-likeness (QED) is 0.336. The number of halogens is 4. The molecule has 0 radical (unpaired) electrons. The van der Waals surface area contributed by atoms with Crippen molar-refractivity contribution >= 4 is 45.0 Å². The highest BCUT2D eigenvalue weighted by atomic mass is 127. The monoisotopic (exact) mass is 583 g/mol. The predicted octanol–water partition coefficient (Wildman–Crippen LogP) is 4.35. The summed E-state index contributed by atoms with van der Waals surface area (Å²) >= 11 is 2.14. The normalized spacial score (nSPS) is 14.7. The molecule has 1 fully saturated rings. The second-order valence-corrected chi connectivity index (χ2v) is 8.55. The summed E-state index contributed by atoms with van der Waals surface area (Å²) in [5.41, 5.74) is 1.61. The van der Waals surface area contributed by atoms with Crippen molar-refractivity contribution in [2.45, 2.75) is 20.2 Å². The van der Waals surface area contributed by atoms with Gasteiger partial charge in [-0.05, 0) is 46.3 Å². The third-order valence-corrected chi connectivity index (χ3v) is 6.48. The van der Waals surface area contributed by atoms with Gasteiger partial charge in [0, 0.05) is 25.5 Å². The first kappa shape index (κ1) is 24.7. The van der Waals surface area contributed by atoms with Gasteiger partial charge in [0.1, 0.15) is 22.8 Å². The van der Waals surface area contributed by atoms with Crippen LogP contribution < -0.4 is 15.2 Å². The summed E-state index contributed by atoms with van der Waals surface area (Å²) in [5, 5.41) is 9.30. The molecule has 0 spiro atoms. The number of hydrogen-bond donors (Lipinski definition) is 0. The van der Waals surface area contributed by atoms with Crippen LogP contribution >= 0.6 is 28.4 Å². The van der Waals surface area contributed by atoms with E-state index in [4.69, 9.17) is 4.74 Å². The highest BCUT2D eigenvalue weighted by molar-refractivity contribution is 14.2. The van der Waals surface area contributed by atoms with Gasteiger partial charge in [-0.2, -0.15) is 10.2 Å². The number of fused-ring (bicyclic) bond motifs is 1. The van der Waals surface area contributed by atoms with E-state index in [1.54, 1.807) is 10.5 Å². The fourth-order valence-electron chi connectivity index (χ4n) is 3.29. The highest BCUT2D eigenvalue weighted by Crippen LogP contribution is 2.37. The average Bonchev–Trinajstić information content (AvgIpc) is 3.14. The summed E-state index contributed by atoms with van der Waals surface area (Å²) in [7, 11) is 1.53. The van der Waals surface area contributed by atoms with Gasteiger partial charge in [-0.3, -0.25) is 4.79 Å². The molecule has 1 saturated heterocycles. The molecular weight excluding hydrogens is 561 g/mol. The van der Waals surface area contributed by atoms with E-state index in [2.05, 4.69) is 37.0 Å². The summed E-state index contributed by atoms with van der Waals surface area (Å²) < 4.78 is 50.4. The first-order valence-electron chi connectivity index (χ1n) is 9.83. The second-order valence-electron chi connectivity index (χ2n) is 6.51. The minimum absolute atomic E-state index is 0.222. The zero-order chi connectivity index (χ0) is 23.5. The van der Waals surface area contributed by atoms with Crippen LogP contribution in [0.3, 0.4) is 0 Å². The number of nitrogens with zero attached hydrogens (tertiary/aromatic N) is 5. The summed E-state index contributed by atoms with van der Waals surface area (Å²) in [5.74, 6) is -0.342. The van der Waals surface area contributed by atoms with E-state index in [9.17, 15) is 18.0 Å². The van der Waals surface area contributed by atoms with Gasteiger partial charge >= 0.3 is 6.36 Å². The third-order valence-electron chi connectivity index (χ3n) is 4.60. The molecule has 1 aliphatic heterocycles. The Balaban J connectivity index is 0.00000141. The van der Waals surface area contributed by atoms with E-state index in [1.807, 2.05) is 18.7 Å². The van der Waals surface area contributed by atoms with E-state index < -0.39 is 6.36 Å². The number of benzene rings is 1. The zero-order valence-corrected chi connectivity index (χ0v) is 20.8. The van der Waals surface area contributed by atoms with Crippen LogP contribution in [0.15, 0.2) is 29.1 Å². The van der Waals surface area contributed by atoms with Crippen molar-refractivity contribution in [3.8, 4) is 17.1 Å². The molecule has 1 unspecified atom stereocenters. The van der Waals surface area contributed by atoms with Crippen LogP contribution in [0.5, 0.6) is 5.75 Å². The molecule has 0 N–H and O–H groups in total. The van der Waals surface area contributed by atoms with Gasteiger partial charge in [0.15, 0.2) is 0 Å². The first-order chi connectivity index (χ1) is 15.3. The lowest BCUT2D eigenvalue weighted by molar-refractivity contribution is -0.274. The number of aromatic nitrogens is 4. The van der Waals surface area contributed by atoms with Crippen molar-refractivity contribution in [1.82, 2.24) is 19.3 Å². The van der Waals surface area contributed by atoms with Gasteiger partial charge in [-0.15, -0.1) is 13.2 Å². The average molecular weight is 583 g/mol. The summed E-state index contributed by atoms with van der Waals surface area (Å²) in [6.45, 7) is 6.14. The summed E-state index contributed by atoms with van der Waals surface area (Å²) in [6, 6.07) is 5.71. The van der Waals surface area contributed by atoms with Crippen molar-refractivity contribution in [2.24, 2.45) is 7.05 Å². The largest absolute Gasteiger partial charge is 0.573 e. The van der Waals surface area contributed by atoms with Crippen molar-refractivity contribution in [3.63, 3.8) is 0 Å². The molecular formula is C19H22F3IN5O3P. The van der Waals surface area contributed by atoms with Gasteiger partial charge in [0.25, 0.3) is 5.56 Å². The molecule has 0 saturated carbocycles. The molecule has 0 aliphatic carbocycles. The minimum Gasteiger partial charge on any atom is -0.406 e. The van der Waals surface area contributed by atoms with Gasteiger partial charge in [0.05, 0.1) is 25.1 Å². The maximum Gasteiger partial charge on any atom is 0.573 e. The molecule has 1 aromatic carbocycles. The van der Waals surface area contributed by atoms with Crippen LogP contribution in [0.4, 0.5) is 18.9 Å². The Kier molecular flexibility index (Phi) is 7.99. The molecule has 3 aromatic rings. The number of ether oxygens (including phenoxy) is 2. The van der Waals surface area contributed by atoms with Crippen molar-refractivity contribution < 1.29 is 22.6 Å². The van der Waals surface area contributed by atoms with Crippen LogP contribution in [-0.4, -0.2) is 52.0 Å². The zero-order valence-electron chi connectivity index (χ0n) is 17.6. The molecule has 2 aromatic heterocycles. The fraction of sp³-hybridized carbons (Fsp3) is 0.421. The Bertz CT molecular complexity index is 1150. The van der Waals surface area contributed by atoms with Crippen molar-refractivity contribution in [1.29, 1.82) is 0 Å². The number of aryl methyl sites for hydroxylation is 1. The predicted molar refractivity (Wildman–Crippen MR) is 127 cm³/mol. The van der Waals surface area contributed by atoms with Gasteiger partial charge in [-0.1, -0.05) is 13.8 Å². The summed E-state index contributed by atoms with van der Waals surface area (Å²) in [4.78, 5) is 14.5. The van der Waals surface area contributed by atoms with Crippen molar-refractivity contribution in [2.75, 3.05) is 31.2 Å².